The van der Waals surface area contributed by atoms with E-state index < -0.39 is 18.1 Å². The lowest BCUT2D eigenvalue weighted by atomic mass is 10.2. The maximum absolute atomic E-state index is 10.7. The fraction of sp³-hybridized carbons (Fsp3) is 0.833. The van der Waals surface area contributed by atoms with Crippen LogP contribution < -0.4 is 5.43 Å². The molecule has 0 aromatic heterocycles. The Balaban J connectivity index is 3.68. The van der Waals surface area contributed by atoms with Gasteiger partial charge in [-0.25, -0.2) is 0 Å². The number of carbonyl (C=O) groups is 1. The lowest BCUT2D eigenvalue weighted by Gasteiger charge is -2.09. The third kappa shape index (κ3) is 6.79. The summed E-state index contributed by atoms with van der Waals surface area (Å²) in [5, 5.41) is 8.23. The summed E-state index contributed by atoms with van der Waals surface area (Å²) in [5.41, 5.74) is 1.36. The molecule has 0 radical (unpaired) electrons. The van der Waals surface area contributed by atoms with Crippen molar-refractivity contribution in [3.63, 3.8) is 0 Å². The number of nitrogens with one attached hydrogen (secondary N) is 1. The van der Waals surface area contributed by atoms with Gasteiger partial charge in [0.1, 0.15) is 4.91 Å². The van der Waals surface area contributed by atoms with Gasteiger partial charge in [-0.2, -0.15) is 4.84 Å². The van der Waals surface area contributed by atoms with Crippen molar-refractivity contribution in [3.8, 4) is 0 Å². The van der Waals surface area contributed by atoms with Gasteiger partial charge in [-0.15, -0.1) is 0 Å². The Kier molecular flexibility index (Phi) is 3.46. The molecular formula is C6H13N2O4+. The van der Waals surface area contributed by atoms with E-state index in [2.05, 4.69) is 0 Å². The quantitative estimate of drug-likeness (QED) is 0.595. The minimum absolute atomic E-state index is 0.0497. The molecule has 0 aromatic rings. The second-order valence-corrected chi connectivity index (χ2v) is 3.19. The zero-order chi connectivity index (χ0) is 9.78. The first kappa shape index (κ1) is 10.7. The highest BCUT2D eigenvalue weighted by Crippen LogP contribution is 2.04. The molecule has 70 valence electrons. The van der Waals surface area contributed by atoms with E-state index in [1.165, 1.54) is 0 Å². The van der Waals surface area contributed by atoms with Gasteiger partial charge < -0.3 is 5.11 Å². The number of carboxylic acid groups (broad SMARTS) is 1. The number of aliphatic carboxylic acids is 1. The van der Waals surface area contributed by atoms with Crippen LogP contribution in [-0.4, -0.2) is 28.3 Å². The number of carboxylic acids is 1. The van der Waals surface area contributed by atoms with Gasteiger partial charge in [0.25, 0.3) is 0 Å². The zero-order valence-corrected chi connectivity index (χ0v) is 7.33. The molecule has 2 N–H and O–H groups in total. The highest BCUT2D eigenvalue weighted by molar-refractivity contribution is 5.68. The van der Waals surface area contributed by atoms with Crippen molar-refractivity contribution in [2.75, 3.05) is 6.54 Å². The second kappa shape index (κ2) is 3.89. The van der Waals surface area contributed by atoms with E-state index in [9.17, 15) is 9.70 Å². The molecule has 0 amide bonds. The molecule has 0 heterocycles. The van der Waals surface area contributed by atoms with Gasteiger partial charge in [-0.3, -0.25) is 4.79 Å². The van der Waals surface area contributed by atoms with E-state index in [0.29, 0.717) is 0 Å². The largest absolute Gasteiger partial charge is 0.480 e. The first-order chi connectivity index (χ1) is 5.31. The Morgan fingerprint density at radius 1 is 1.58 bits per heavy atom. The predicted molar refractivity (Wildman–Crippen MR) is 40.1 cm³/mol. The van der Waals surface area contributed by atoms with Crippen molar-refractivity contribution < 1.29 is 19.8 Å². The lowest BCUT2D eigenvalue weighted by Crippen LogP contribution is -2.37. The number of rotatable bonds is 4. The Bertz CT molecular complexity index is 184. The molecule has 6 heteroatoms. The first-order valence-electron chi connectivity index (χ1n) is 3.43. The van der Waals surface area contributed by atoms with Crippen molar-refractivity contribution in [2.45, 2.75) is 26.4 Å². The highest BCUT2D eigenvalue weighted by atomic mass is 16.8. The van der Waals surface area contributed by atoms with E-state index in [-0.39, 0.29) is 5.03 Å². The summed E-state index contributed by atoms with van der Waals surface area (Å²) in [6.45, 7) is 4.58. The van der Waals surface area contributed by atoms with E-state index in [0.717, 1.165) is 0 Å². The standard InChI is InChI=1S/C6H12N2O4/c1-6(2,3)12-8(11)7-4-5(9)10/h4H2,1-3H3,(H-,7,9,10,11)/p+1. The summed E-state index contributed by atoms with van der Waals surface area (Å²) < 4.78 is 0. The average molecular weight is 177 g/mol. The normalized spacial score (nSPS) is 10.6. The van der Waals surface area contributed by atoms with Crippen molar-refractivity contribution in [3.05, 3.63) is 4.91 Å². The second-order valence-electron chi connectivity index (χ2n) is 3.19. The predicted octanol–water partition coefficient (Wildman–Crippen LogP) is 0.0846. The highest BCUT2D eigenvalue weighted by Gasteiger charge is 2.23. The van der Waals surface area contributed by atoms with Crippen LogP contribution in [0.25, 0.3) is 0 Å². The third-order valence-corrected chi connectivity index (χ3v) is 0.716. The van der Waals surface area contributed by atoms with Crippen LogP contribution in [0.3, 0.4) is 0 Å². The first-order valence-corrected chi connectivity index (χ1v) is 3.43. The van der Waals surface area contributed by atoms with Gasteiger partial charge in [0.15, 0.2) is 12.1 Å². The number of hydrogen-bond acceptors (Lipinski definition) is 3. The monoisotopic (exact) mass is 177 g/mol. The molecule has 0 rings (SSSR count). The zero-order valence-electron chi connectivity index (χ0n) is 7.33. The van der Waals surface area contributed by atoms with Crippen LogP contribution in [0.4, 0.5) is 0 Å². The van der Waals surface area contributed by atoms with Crippen LogP contribution in [0.5, 0.6) is 0 Å². The summed E-state index contributed by atoms with van der Waals surface area (Å²) >= 11 is 0. The van der Waals surface area contributed by atoms with Gasteiger partial charge in [-0.05, 0) is 20.8 Å². The summed E-state index contributed by atoms with van der Waals surface area (Å²) in [6.07, 6.45) is 0. The van der Waals surface area contributed by atoms with Crippen molar-refractivity contribution in [1.29, 1.82) is 0 Å². The molecule has 0 aromatic carbocycles. The Labute approximate surface area is 70.0 Å². The van der Waals surface area contributed by atoms with Gasteiger partial charge in [0.2, 0.25) is 0 Å². The molecule has 0 saturated carbocycles. The Morgan fingerprint density at radius 2 is 2.08 bits per heavy atom. The maximum Gasteiger partial charge on any atom is 0.358 e. The van der Waals surface area contributed by atoms with Crippen LogP contribution in [0.2, 0.25) is 0 Å². The SMILES string of the molecule is CC(C)(C)O[N+](=O)NCC(=O)O. The molecule has 0 spiro atoms. The van der Waals surface area contributed by atoms with Crippen molar-refractivity contribution in [2.24, 2.45) is 0 Å². The van der Waals surface area contributed by atoms with E-state index >= 15 is 0 Å². The fourth-order valence-corrected chi connectivity index (χ4v) is 0.413. The van der Waals surface area contributed by atoms with Crippen molar-refractivity contribution >= 4 is 5.97 Å². The number of nitrogens with zero attached hydrogens (tertiary/aromatic N) is 1. The molecule has 0 aliphatic rings. The van der Waals surface area contributed by atoms with Gasteiger partial charge in [0.05, 0.1) is 0 Å². The van der Waals surface area contributed by atoms with Gasteiger partial charge >= 0.3 is 11.0 Å². The average Bonchev–Trinajstić information content (AvgIpc) is 1.79. The third-order valence-electron chi connectivity index (χ3n) is 0.716. The molecule has 6 nitrogen and oxygen atoms in total. The molecule has 0 aliphatic heterocycles. The molecular weight excluding hydrogens is 164 g/mol. The molecule has 0 saturated heterocycles. The Hall–Kier alpha value is -1.33. The summed E-state index contributed by atoms with van der Waals surface area (Å²) in [4.78, 5) is 25.4. The van der Waals surface area contributed by atoms with Crippen LogP contribution in [-0.2, 0) is 9.63 Å². The van der Waals surface area contributed by atoms with Crippen LogP contribution in [0, 0.1) is 4.91 Å². The van der Waals surface area contributed by atoms with Crippen LogP contribution in [0.1, 0.15) is 20.8 Å². The van der Waals surface area contributed by atoms with E-state index in [1.54, 1.807) is 20.8 Å². The lowest BCUT2D eigenvalue weighted by molar-refractivity contribution is -0.858. The van der Waals surface area contributed by atoms with E-state index in [4.69, 9.17) is 9.94 Å². The molecule has 0 unspecified atom stereocenters. The molecule has 0 aliphatic carbocycles. The number of hydrogen-bond donors (Lipinski definition) is 2. The maximum atomic E-state index is 10.7. The smallest absolute Gasteiger partial charge is 0.358 e. The van der Waals surface area contributed by atoms with Crippen LogP contribution >= 0.6 is 0 Å². The summed E-state index contributed by atoms with van der Waals surface area (Å²) in [5.74, 6) is -1.12. The molecule has 12 heavy (non-hydrogen) atoms. The van der Waals surface area contributed by atoms with Gasteiger partial charge in [0, 0.05) is 0 Å². The number of hydrazine groups is 1. The molecule has 0 atom stereocenters. The van der Waals surface area contributed by atoms with Crippen molar-refractivity contribution in [1.82, 2.24) is 5.43 Å². The molecule has 0 bridgehead atoms. The van der Waals surface area contributed by atoms with E-state index in [1.807, 2.05) is 5.43 Å². The summed E-state index contributed by atoms with van der Waals surface area (Å²) in [6, 6.07) is 0. The summed E-state index contributed by atoms with van der Waals surface area (Å²) in [7, 11) is 0. The topological polar surface area (TPSA) is 78.6 Å². The molecule has 0 fully saturated rings. The minimum Gasteiger partial charge on any atom is -0.480 e. The minimum atomic E-state index is -1.12. The van der Waals surface area contributed by atoms with Crippen LogP contribution in [0.15, 0.2) is 0 Å². The van der Waals surface area contributed by atoms with Gasteiger partial charge in [-0.1, -0.05) is 5.43 Å². The Morgan fingerprint density at radius 3 is 2.42 bits per heavy atom. The fourth-order valence-electron chi connectivity index (χ4n) is 0.413.